The number of methoxy groups -OCH3 is 1. The fourth-order valence-corrected chi connectivity index (χ4v) is 1.86. The van der Waals surface area contributed by atoms with E-state index < -0.39 is 0 Å². The Morgan fingerprint density at radius 1 is 1.48 bits per heavy atom. The summed E-state index contributed by atoms with van der Waals surface area (Å²) in [7, 11) is 1.57. The average Bonchev–Trinajstić information content (AvgIpc) is 2.47. The van der Waals surface area contributed by atoms with Crippen molar-refractivity contribution in [2.75, 3.05) is 32.1 Å². The van der Waals surface area contributed by atoms with E-state index in [9.17, 15) is 9.59 Å². The Bertz CT molecular complexity index is 519. The number of nitrogens with zero attached hydrogens (tertiary/aromatic N) is 2. The van der Waals surface area contributed by atoms with E-state index >= 15 is 0 Å². The van der Waals surface area contributed by atoms with Gasteiger partial charge in [0.2, 0.25) is 5.91 Å². The second-order valence-corrected chi connectivity index (χ2v) is 4.80. The zero-order chi connectivity index (χ0) is 15.7. The highest BCUT2D eigenvalue weighted by molar-refractivity contribution is 6.32. The summed E-state index contributed by atoms with van der Waals surface area (Å²) in [6, 6.07) is 0. The molecule has 21 heavy (non-hydrogen) atoms. The predicted octanol–water partition coefficient (Wildman–Crippen LogP) is 0.871. The standard InChI is InChI=1S/C13H21ClN4O3/c1-3-7-18-13(20)12(14)10(9-17-18)15-5-4-11(19)16-6-8-21-2/h9,15H,3-8H2,1-2H3,(H,16,19). The summed E-state index contributed by atoms with van der Waals surface area (Å²) in [5.41, 5.74) is 0.117. The van der Waals surface area contributed by atoms with Crippen molar-refractivity contribution in [1.29, 1.82) is 0 Å². The molecule has 8 heteroatoms. The molecule has 1 rings (SSSR count). The normalized spacial score (nSPS) is 10.4. The molecule has 1 aromatic heterocycles. The Balaban J connectivity index is 2.47. The third-order valence-electron chi connectivity index (χ3n) is 2.72. The molecule has 0 radical (unpaired) electrons. The lowest BCUT2D eigenvalue weighted by atomic mass is 10.3. The van der Waals surface area contributed by atoms with Crippen LogP contribution in [0.2, 0.25) is 5.02 Å². The molecule has 0 spiro atoms. The van der Waals surface area contributed by atoms with Crippen molar-refractivity contribution < 1.29 is 9.53 Å². The second kappa shape index (κ2) is 9.36. The first-order valence-corrected chi connectivity index (χ1v) is 7.23. The van der Waals surface area contributed by atoms with Crippen molar-refractivity contribution >= 4 is 23.2 Å². The molecule has 1 aromatic rings. The van der Waals surface area contributed by atoms with Crippen LogP contribution in [-0.4, -0.2) is 42.5 Å². The number of aromatic nitrogens is 2. The molecule has 2 N–H and O–H groups in total. The minimum atomic E-state index is -0.326. The van der Waals surface area contributed by atoms with Crippen LogP contribution in [0.4, 0.5) is 5.69 Å². The van der Waals surface area contributed by atoms with Gasteiger partial charge in [-0.2, -0.15) is 5.10 Å². The zero-order valence-corrected chi connectivity index (χ0v) is 13.1. The number of halogens is 1. The van der Waals surface area contributed by atoms with E-state index in [-0.39, 0.29) is 22.9 Å². The molecule has 7 nitrogen and oxygen atoms in total. The molecule has 0 saturated carbocycles. The first-order chi connectivity index (χ1) is 10.1. The van der Waals surface area contributed by atoms with E-state index in [1.54, 1.807) is 7.11 Å². The molecule has 118 valence electrons. The molecular formula is C13H21ClN4O3. The van der Waals surface area contributed by atoms with E-state index in [0.717, 1.165) is 6.42 Å². The maximum Gasteiger partial charge on any atom is 0.287 e. The predicted molar refractivity (Wildman–Crippen MR) is 81.8 cm³/mol. The van der Waals surface area contributed by atoms with Gasteiger partial charge in [-0.1, -0.05) is 18.5 Å². The Morgan fingerprint density at radius 3 is 2.90 bits per heavy atom. The smallest absolute Gasteiger partial charge is 0.287 e. The van der Waals surface area contributed by atoms with Crippen LogP contribution in [0.15, 0.2) is 11.0 Å². The largest absolute Gasteiger partial charge is 0.383 e. The van der Waals surface area contributed by atoms with Crippen LogP contribution in [0.25, 0.3) is 0 Å². The third-order valence-corrected chi connectivity index (χ3v) is 3.08. The summed E-state index contributed by atoms with van der Waals surface area (Å²) in [6.07, 6.45) is 2.58. The lowest BCUT2D eigenvalue weighted by Gasteiger charge is -2.10. The van der Waals surface area contributed by atoms with Crippen LogP contribution >= 0.6 is 11.6 Å². The van der Waals surface area contributed by atoms with Crippen LogP contribution in [0.1, 0.15) is 19.8 Å². The molecule has 1 amide bonds. The van der Waals surface area contributed by atoms with E-state index in [1.807, 2.05) is 6.92 Å². The molecule has 0 atom stereocenters. The lowest BCUT2D eigenvalue weighted by molar-refractivity contribution is -0.121. The molecule has 0 bridgehead atoms. The molecule has 0 aromatic carbocycles. The number of carbonyl (C=O) groups is 1. The number of carbonyl (C=O) groups excluding carboxylic acids is 1. The highest BCUT2D eigenvalue weighted by Gasteiger charge is 2.09. The summed E-state index contributed by atoms with van der Waals surface area (Å²) >= 11 is 6.00. The zero-order valence-electron chi connectivity index (χ0n) is 12.3. The molecule has 0 aliphatic carbocycles. The number of hydrogen-bond acceptors (Lipinski definition) is 5. The summed E-state index contributed by atoms with van der Waals surface area (Å²) in [6.45, 7) is 3.81. The summed E-state index contributed by atoms with van der Waals surface area (Å²) in [5, 5.41) is 9.77. The quantitative estimate of drug-likeness (QED) is 0.660. The summed E-state index contributed by atoms with van der Waals surface area (Å²) in [4.78, 5) is 23.4. The number of aryl methyl sites for hydroxylation is 1. The van der Waals surface area contributed by atoms with Gasteiger partial charge >= 0.3 is 0 Å². The second-order valence-electron chi connectivity index (χ2n) is 4.42. The molecule has 0 unspecified atom stereocenters. The lowest BCUT2D eigenvalue weighted by Crippen LogP contribution is -2.29. The Labute approximate surface area is 128 Å². The number of ether oxygens (including phenoxy) is 1. The number of amides is 1. The molecule has 0 aliphatic heterocycles. The minimum Gasteiger partial charge on any atom is -0.383 e. The first-order valence-electron chi connectivity index (χ1n) is 6.85. The molecule has 0 aliphatic rings. The van der Waals surface area contributed by atoms with E-state index in [2.05, 4.69) is 15.7 Å². The topological polar surface area (TPSA) is 85.2 Å². The van der Waals surface area contributed by atoms with Crippen molar-refractivity contribution in [3.05, 3.63) is 21.6 Å². The van der Waals surface area contributed by atoms with Crippen molar-refractivity contribution in [3.63, 3.8) is 0 Å². The maximum atomic E-state index is 11.9. The van der Waals surface area contributed by atoms with Crippen LogP contribution < -0.4 is 16.2 Å². The molecule has 1 heterocycles. The Hall–Kier alpha value is -1.60. The number of anilines is 1. The van der Waals surface area contributed by atoms with Gasteiger partial charge in [0, 0.05) is 33.2 Å². The first kappa shape index (κ1) is 17.5. The number of nitrogens with one attached hydrogen (secondary N) is 2. The van der Waals surface area contributed by atoms with E-state index in [1.165, 1.54) is 10.9 Å². The summed E-state index contributed by atoms with van der Waals surface area (Å²) < 4.78 is 6.16. The monoisotopic (exact) mass is 316 g/mol. The van der Waals surface area contributed by atoms with Crippen molar-refractivity contribution in [2.45, 2.75) is 26.3 Å². The van der Waals surface area contributed by atoms with Crippen molar-refractivity contribution in [3.8, 4) is 0 Å². The fourth-order valence-electron chi connectivity index (χ4n) is 1.65. The molecule has 0 fully saturated rings. The fraction of sp³-hybridized carbons (Fsp3) is 0.615. The Morgan fingerprint density at radius 2 is 2.24 bits per heavy atom. The third kappa shape index (κ3) is 5.73. The van der Waals surface area contributed by atoms with Gasteiger partial charge in [-0.15, -0.1) is 0 Å². The molecule has 0 saturated heterocycles. The minimum absolute atomic E-state index is 0.0945. The van der Waals surface area contributed by atoms with Gasteiger partial charge in [0.05, 0.1) is 18.5 Å². The average molecular weight is 317 g/mol. The molecular weight excluding hydrogens is 296 g/mol. The van der Waals surface area contributed by atoms with Gasteiger partial charge in [0.15, 0.2) is 0 Å². The summed E-state index contributed by atoms with van der Waals surface area (Å²) in [5.74, 6) is -0.0945. The number of rotatable bonds is 9. The van der Waals surface area contributed by atoms with Gasteiger partial charge in [0.1, 0.15) is 5.02 Å². The van der Waals surface area contributed by atoms with Gasteiger partial charge in [-0.05, 0) is 6.42 Å². The van der Waals surface area contributed by atoms with Crippen molar-refractivity contribution in [2.24, 2.45) is 0 Å². The van der Waals surface area contributed by atoms with Gasteiger partial charge in [-0.3, -0.25) is 9.59 Å². The number of hydrogen-bond donors (Lipinski definition) is 2. The van der Waals surface area contributed by atoms with Crippen LogP contribution in [0.3, 0.4) is 0 Å². The van der Waals surface area contributed by atoms with E-state index in [4.69, 9.17) is 16.3 Å². The van der Waals surface area contributed by atoms with Crippen LogP contribution in [0.5, 0.6) is 0 Å². The van der Waals surface area contributed by atoms with Crippen molar-refractivity contribution in [1.82, 2.24) is 15.1 Å². The highest BCUT2D eigenvalue weighted by atomic mass is 35.5. The highest BCUT2D eigenvalue weighted by Crippen LogP contribution is 2.14. The van der Waals surface area contributed by atoms with E-state index in [0.29, 0.717) is 31.9 Å². The van der Waals surface area contributed by atoms with Gasteiger partial charge < -0.3 is 15.4 Å². The maximum absolute atomic E-state index is 11.9. The van der Waals surface area contributed by atoms with Crippen LogP contribution in [0, 0.1) is 0 Å². The van der Waals surface area contributed by atoms with Crippen LogP contribution in [-0.2, 0) is 16.1 Å². The van der Waals surface area contributed by atoms with Gasteiger partial charge in [-0.25, -0.2) is 4.68 Å². The Kier molecular flexibility index (Phi) is 7.78. The van der Waals surface area contributed by atoms with Gasteiger partial charge in [0.25, 0.3) is 5.56 Å². The SMILES string of the molecule is CCCn1ncc(NCCC(=O)NCCOC)c(Cl)c1=O.